The number of primary amides is 1. The van der Waals surface area contributed by atoms with Gasteiger partial charge in [0.25, 0.3) is 0 Å². The molecule has 2 aliphatic rings. The highest BCUT2D eigenvalue weighted by Crippen LogP contribution is 2.35. The molecule has 1 atom stereocenters. The Labute approximate surface area is 84.8 Å². The van der Waals surface area contributed by atoms with Crippen LogP contribution in [0.15, 0.2) is 0 Å². The van der Waals surface area contributed by atoms with E-state index in [0.717, 1.165) is 32.6 Å². The third kappa shape index (κ3) is 2.25. The first kappa shape index (κ1) is 9.93. The van der Waals surface area contributed by atoms with Crippen molar-refractivity contribution in [2.45, 2.75) is 25.3 Å². The molecule has 1 saturated heterocycles. The van der Waals surface area contributed by atoms with Gasteiger partial charge < -0.3 is 11.1 Å². The molecule has 0 aromatic carbocycles. The summed E-state index contributed by atoms with van der Waals surface area (Å²) in [4.78, 5) is 13.6. The average Bonchev–Trinajstić information content (AvgIpc) is 2.91. The van der Waals surface area contributed by atoms with Crippen LogP contribution in [0.2, 0.25) is 0 Å². The predicted molar refractivity (Wildman–Crippen MR) is 54.8 cm³/mol. The molecule has 0 bridgehead atoms. The minimum atomic E-state index is -0.130. The largest absolute Gasteiger partial charge is 0.368 e. The molecule has 0 spiro atoms. The summed E-state index contributed by atoms with van der Waals surface area (Å²) in [6.45, 7) is 4.02. The second-order valence-electron chi connectivity index (χ2n) is 4.32. The van der Waals surface area contributed by atoms with Gasteiger partial charge in [-0.25, -0.2) is 0 Å². The summed E-state index contributed by atoms with van der Waals surface area (Å²) < 4.78 is 0. The third-order valence-corrected chi connectivity index (χ3v) is 3.13. The Hall–Kier alpha value is -0.610. The molecule has 14 heavy (non-hydrogen) atoms. The number of hydrogen-bond acceptors (Lipinski definition) is 3. The molecule has 4 heteroatoms. The van der Waals surface area contributed by atoms with Gasteiger partial charge in [0.05, 0.1) is 6.04 Å². The molecule has 3 N–H and O–H groups in total. The van der Waals surface area contributed by atoms with E-state index in [-0.39, 0.29) is 11.9 Å². The van der Waals surface area contributed by atoms with Crippen LogP contribution in [0.5, 0.6) is 0 Å². The molecule has 1 heterocycles. The van der Waals surface area contributed by atoms with Crippen molar-refractivity contribution in [3.63, 3.8) is 0 Å². The second-order valence-corrected chi connectivity index (χ2v) is 4.32. The van der Waals surface area contributed by atoms with Gasteiger partial charge in [-0.2, -0.15) is 0 Å². The summed E-state index contributed by atoms with van der Waals surface area (Å²) in [7, 11) is 0. The number of carbonyl (C=O) groups is 1. The molecular formula is C10H19N3O. The van der Waals surface area contributed by atoms with Crippen molar-refractivity contribution < 1.29 is 4.79 Å². The van der Waals surface area contributed by atoms with E-state index in [2.05, 4.69) is 10.2 Å². The van der Waals surface area contributed by atoms with Gasteiger partial charge in [-0.3, -0.25) is 9.69 Å². The summed E-state index contributed by atoms with van der Waals surface area (Å²) >= 11 is 0. The SMILES string of the molecule is NC(=O)C(C1CC1)N1CCCNCC1. The smallest absolute Gasteiger partial charge is 0.235 e. The van der Waals surface area contributed by atoms with Crippen molar-refractivity contribution in [3.05, 3.63) is 0 Å². The summed E-state index contributed by atoms with van der Waals surface area (Å²) in [5.41, 5.74) is 5.46. The number of nitrogens with one attached hydrogen (secondary N) is 1. The third-order valence-electron chi connectivity index (χ3n) is 3.13. The van der Waals surface area contributed by atoms with Gasteiger partial charge in [-0.1, -0.05) is 0 Å². The van der Waals surface area contributed by atoms with Crippen LogP contribution in [0.3, 0.4) is 0 Å². The highest BCUT2D eigenvalue weighted by atomic mass is 16.1. The van der Waals surface area contributed by atoms with E-state index in [1.54, 1.807) is 0 Å². The molecule has 1 aliphatic carbocycles. The van der Waals surface area contributed by atoms with Crippen LogP contribution in [0.1, 0.15) is 19.3 Å². The Kier molecular flexibility index (Phi) is 3.03. The quantitative estimate of drug-likeness (QED) is 0.644. The predicted octanol–water partition coefficient (Wildman–Crippen LogP) is -0.454. The van der Waals surface area contributed by atoms with E-state index >= 15 is 0 Å². The van der Waals surface area contributed by atoms with Crippen molar-refractivity contribution in [1.29, 1.82) is 0 Å². The summed E-state index contributed by atoms with van der Waals surface area (Å²) in [6.07, 6.45) is 3.48. The van der Waals surface area contributed by atoms with Crippen molar-refractivity contribution in [1.82, 2.24) is 10.2 Å². The number of amides is 1. The Balaban J connectivity index is 1.97. The molecule has 1 unspecified atom stereocenters. The fraction of sp³-hybridized carbons (Fsp3) is 0.900. The number of nitrogens with zero attached hydrogens (tertiary/aromatic N) is 1. The second kappa shape index (κ2) is 4.28. The van der Waals surface area contributed by atoms with Crippen molar-refractivity contribution in [2.75, 3.05) is 26.2 Å². The molecule has 4 nitrogen and oxygen atoms in total. The van der Waals surface area contributed by atoms with Gasteiger partial charge in [-0.05, 0) is 31.7 Å². The van der Waals surface area contributed by atoms with Crippen molar-refractivity contribution >= 4 is 5.91 Å². The van der Waals surface area contributed by atoms with Crippen LogP contribution in [-0.2, 0) is 4.79 Å². The van der Waals surface area contributed by atoms with E-state index in [9.17, 15) is 4.79 Å². The summed E-state index contributed by atoms with van der Waals surface area (Å²) in [5.74, 6) is 0.417. The average molecular weight is 197 g/mol. The normalized spacial score (nSPS) is 26.9. The highest BCUT2D eigenvalue weighted by Gasteiger charge is 2.38. The summed E-state index contributed by atoms with van der Waals surface area (Å²) in [6, 6.07) is 0.00917. The zero-order valence-electron chi connectivity index (χ0n) is 8.54. The molecule has 2 rings (SSSR count). The zero-order valence-corrected chi connectivity index (χ0v) is 8.54. The van der Waals surface area contributed by atoms with Crippen LogP contribution in [0.4, 0.5) is 0 Å². The highest BCUT2D eigenvalue weighted by molar-refractivity contribution is 5.80. The van der Waals surface area contributed by atoms with Gasteiger partial charge in [0, 0.05) is 19.6 Å². The van der Waals surface area contributed by atoms with Crippen molar-refractivity contribution in [3.8, 4) is 0 Å². The molecular weight excluding hydrogens is 178 g/mol. The minimum absolute atomic E-state index is 0.00917. The monoisotopic (exact) mass is 197 g/mol. The Morgan fingerprint density at radius 3 is 2.79 bits per heavy atom. The lowest BCUT2D eigenvalue weighted by Crippen LogP contribution is -2.47. The summed E-state index contributed by atoms with van der Waals surface area (Å²) in [5, 5.41) is 3.34. The molecule has 1 amide bonds. The lowest BCUT2D eigenvalue weighted by molar-refractivity contribution is -0.123. The molecule has 2 fully saturated rings. The maximum Gasteiger partial charge on any atom is 0.235 e. The van der Waals surface area contributed by atoms with Gasteiger partial charge >= 0.3 is 0 Å². The molecule has 0 radical (unpaired) electrons. The number of rotatable bonds is 3. The van der Waals surface area contributed by atoms with Crippen LogP contribution in [-0.4, -0.2) is 43.0 Å². The minimum Gasteiger partial charge on any atom is -0.368 e. The number of hydrogen-bond donors (Lipinski definition) is 2. The zero-order chi connectivity index (χ0) is 9.97. The van der Waals surface area contributed by atoms with E-state index in [4.69, 9.17) is 5.73 Å². The molecule has 0 aromatic heterocycles. The first-order valence-electron chi connectivity index (χ1n) is 5.53. The fourth-order valence-electron chi connectivity index (χ4n) is 2.27. The fourth-order valence-corrected chi connectivity index (χ4v) is 2.27. The molecule has 80 valence electrons. The molecule has 0 aromatic rings. The number of nitrogens with two attached hydrogens (primary N) is 1. The van der Waals surface area contributed by atoms with Gasteiger partial charge in [0.15, 0.2) is 0 Å². The first-order valence-corrected chi connectivity index (χ1v) is 5.53. The van der Waals surface area contributed by atoms with Gasteiger partial charge in [0.1, 0.15) is 0 Å². The van der Waals surface area contributed by atoms with E-state index in [1.807, 2.05) is 0 Å². The Morgan fingerprint density at radius 1 is 1.36 bits per heavy atom. The van der Waals surface area contributed by atoms with Crippen LogP contribution in [0.25, 0.3) is 0 Å². The Bertz CT molecular complexity index is 207. The van der Waals surface area contributed by atoms with E-state index in [1.165, 1.54) is 12.8 Å². The lowest BCUT2D eigenvalue weighted by Gasteiger charge is -2.27. The standard InChI is InChI=1S/C10H19N3O/c11-10(14)9(8-2-3-8)13-6-1-4-12-5-7-13/h8-9,12H,1-7H2,(H2,11,14). The number of carbonyl (C=O) groups excluding carboxylic acids is 1. The maximum atomic E-state index is 11.4. The maximum absolute atomic E-state index is 11.4. The topological polar surface area (TPSA) is 58.4 Å². The van der Waals surface area contributed by atoms with Gasteiger partial charge in [0.2, 0.25) is 5.91 Å². The molecule has 1 aliphatic heterocycles. The Morgan fingerprint density at radius 2 is 2.14 bits per heavy atom. The van der Waals surface area contributed by atoms with Gasteiger partial charge in [-0.15, -0.1) is 0 Å². The first-order chi connectivity index (χ1) is 6.79. The van der Waals surface area contributed by atoms with Crippen LogP contribution < -0.4 is 11.1 Å². The van der Waals surface area contributed by atoms with E-state index < -0.39 is 0 Å². The van der Waals surface area contributed by atoms with Crippen molar-refractivity contribution in [2.24, 2.45) is 11.7 Å². The van der Waals surface area contributed by atoms with Crippen LogP contribution in [0, 0.1) is 5.92 Å². The van der Waals surface area contributed by atoms with E-state index in [0.29, 0.717) is 5.92 Å². The molecule has 1 saturated carbocycles. The lowest BCUT2D eigenvalue weighted by atomic mass is 10.1. The van der Waals surface area contributed by atoms with Crippen LogP contribution >= 0.6 is 0 Å².